The molecule has 0 fully saturated rings. The van der Waals surface area contributed by atoms with E-state index in [1.165, 1.54) is 10.4 Å². The monoisotopic (exact) mass is 296 g/mol. The van der Waals surface area contributed by atoms with Crippen molar-refractivity contribution in [2.75, 3.05) is 5.32 Å². The van der Waals surface area contributed by atoms with Crippen LogP contribution in [-0.4, -0.2) is 4.98 Å². The Hall–Kier alpha value is -0.870. The molecule has 2 rings (SSSR count). The third-order valence-corrected chi connectivity index (χ3v) is 3.85. The quantitative estimate of drug-likeness (QED) is 0.921. The van der Waals surface area contributed by atoms with E-state index in [0.717, 1.165) is 21.7 Å². The summed E-state index contributed by atoms with van der Waals surface area (Å²) in [6.07, 6.45) is 1.93. The van der Waals surface area contributed by atoms with Crippen molar-refractivity contribution in [3.05, 3.63) is 44.3 Å². The molecule has 1 heterocycles. The number of rotatable bonds is 3. The Bertz CT molecular complexity index is 494. The topological polar surface area (TPSA) is 24.9 Å². The molecule has 84 valence electrons. The predicted molar refractivity (Wildman–Crippen MR) is 73.1 cm³/mol. The first-order chi connectivity index (χ1) is 7.65. The number of aromatic nitrogens is 1. The van der Waals surface area contributed by atoms with Gasteiger partial charge in [-0.25, -0.2) is 4.98 Å². The standard InChI is InChI=1S/C12H13BrN2S/c1-8-3-4-11(13)12(5-8)15-7-10-6-14-9(2)16-10/h3-6,15H,7H2,1-2H3. The van der Waals surface area contributed by atoms with Crippen LogP contribution in [0.2, 0.25) is 0 Å². The average molecular weight is 297 g/mol. The van der Waals surface area contributed by atoms with Gasteiger partial charge in [0.15, 0.2) is 0 Å². The van der Waals surface area contributed by atoms with Crippen LogP contribution in [0.3, 0.4) is 0 Å². The summed E-state index contributed by atoms with van der Waals surface area (Å²) >= 11 is 5.26. The summed E-state index contributed by atoms with van der Waals surface area (Å²) in [7, 11) is 0. The van der Waals surface area contributed by atoms with Gasteiger partial charge in [-0.3, -0.25) is 0 Å². The van der Waals surface area contributed by atoms with Gasteiger partial charge in [0.1, 0.15) is 0 Å². The minimum atomic E-state index is 0.827. The molecule has 0 aliphatic heterocycles. The van der Waals surface area contributed by atoms with Gasteiger partial charge in [0.05, 0.1) is 11.6 Å². The fraction of sp³-hybridized carbons (Fsp3) is 0.250. The van der Waals surface area contributed by atoms with Gasteiger partial charge >= 0.3 is 0 Å². The van der Waals surface area contributed by atoms with E-state index < -0.39 is 0 Å². The van der Waals surface area contributed by atoms with Gasteiger partial charge in [-0.1, -0.05) is 6.07 Å². The van der Waals surface area contributed by atoms with Crippen molar-refractivity contribution in [3.63, 3.8) is 0 Å². The van der Waals surface area contributed by atoms with Crippen LogP contribution < -0.4 is 5.32 Å². The van der Waals surface area contributed by atoms with Crippen molar-refractivity contribution >= 4 is 33.0 Å². The highest BCUT2D eigenvalue weighted by atomic mass is 79.9. The maximum Gasteiger partial charge on any atom is 0.0897 e. The van der Waals surface area contributed by atoms with E-state index in [4.69, 9.17) is 0 Å². The van der Waals surface area contributed by atoms with Crippen LogP contribution in [0.25, 0.3) is 0 Å². The Morgan fingerprint density at radius 2 is 2.19 bits per heavy atom. The van der Waals surface area contributed by atoms with Crippen LogP contribution in [0.15, 0.2) is 28.9 Å². The van der Waals surface area contributed by atoms with Crippen LogP contribution in [0.4, 0.5) is 5.69 Å². The fourth-order valence-corrected chi connectivity index (χ4v) is 2.57. The summed E-state index contributed by atoms with van der Waals surface area (Å²) in [5.41, 5.74) is 2.39. The second kappa shape index (κ2) is 4.97. The predicted octanol–water partition coefficient (Wildman–Crippen LogP) is 4.13. The molecule has 16 heavy (non-hydrogen) atoms. The summed E-state index contributed by atoms with van der Waals surface area (Å²) in [6, 6.07) is 6.29. The number of hydrogen-bond acceptors (Lipinski definition) is 3. The zero-order valence-electron chi connectivity index (χ0n) is 9.25. The third-order valence-electron chi connectivity index (χ3n) is 2.24. The molecular formula is C12H13BrN2S. The molecule has 0 bridgehead atoms. The molecule has 0 atom stereocenters. The molecule has 0 saturated heterocycles. The Morgan fingerprint density at radius 3 is 2.88 bits per heavy atom. The highest BCUT2D eigenvalue weighted by Gasteiger charge is 2.01. The van der Waals surface area contributed by atoms with E-state index in [2.05, 4.69) is 51.4 Å². The number of halogens is 1. The number of nitrogens with one attached hydrogen (secondary N) is 1. The normalized spacial score (nSPS) is 10.4. The molecule has 0 radical (unpaired) electrons. The van der Waals surface area contributed by atoms with Crippen molar-refractivity contribution in [1.82, 2.24) is 4.98 Å². The molecule has 0 aliphatic rings. The van der Waals surface area contributed by atoms with E-state index in [1.54, 1.807) is 11.3 Å². The zero-order valence-corrected chi connectivity index (χ0v) is 11.7. The SMILES string of the molecule is Cc1ccc(Br)c(NCc2cnc(C)s2)c1. The summed E-state index contributed by atoms with van der Waals surface area (Å²) in [6.45, 7) is 4.94. The lowest BCUT2D eigenvalue weighted by atomic mass is 10.2. The molecular weight excluding hydrogens is 284 g/mol. The highest BCUT2D eigenvalue weighted by Crippen LogP contribution is 2.24. The summed E-state index contributed by atoms with van der Waals surface area (Å²) in [5, 5.41) is 4.52. The number of hydrogen-bond donors (Lipinski definition) is 1. The summed E-state index contributed by atoms with van der Waals surface area (Å²) in [4.78, 5) is 5.49. The van der Waals surface area contributed by atoms with Gasteiger partial charge < -0.3 is 5.32 Å². The van der Waals surface area contributed by atoms with Gasteiger partial charge in [-0.05, 0) is 47.5 Å². The molecule has 0 unspecified atom stereocenters. The number of aryl methyl sites for hydroxylation is 2. The Labute approximate surface area is 108 Å². The molecule has 0 saturated carbocycles. The van der Waals surface area contributed by atoms with Crippen molar-refractivity contribution in [2.24, 2.45) is 0 Å². The van der Waals surface area contributed by atoms with Crippen molar-refractivity contribution in [1.29, 1.82) is 0 Å². The lowest BCUT2D eigenvalue weighted by Crippen LogP contribution is -1.98. The molecule has 2 aromatic rings. The second-order valence-corrected chi connectivity index (χ2v) is 5.86. The Balaban J connectivity index is 2.07. The van der Waals surface area contributed by atoms with E-state index in [-0.39, 0.29) is 0 Å². The van der Waals surface area contributed by atoms with Crippen molar-refractivity contribution in [2.45, 2.75) is 20.4 Å². The Morgan fingerprint density at radius 1 is 1.38 bits per heavy atom. The maximum atomic E-state index is 4.24. The van der Waals surface area contributed by atoms with E-state index in [9.17, 15) is 0 Å². The number of benzene rings is 1. The van der Waals surface area contributed by atoms with Crippen LogP contribution in [-0.2, 0) is 6.54 Å². The number of thiazole rings is 1. The zero-order chi connectivity index (χ0) is 11.5. The minimum Gasteiger partial charge on any atom is -0.379 e. The highest BCUT2D eigenvalue weighted by molar-refractivity contribution is 9.10. The molecule has 0 spiro atoms. The third kappa shape index (κ3) is 2.83. The molecule has 4 heteroatoms. The van der Waals surface area contributed by atoms with Crippen molar-refractivity contribution in [3.8, 4) is 0 Å². The van der Waals surface area contributed by atoms with Crippen LogP contribution in [0.1, 0.15) is 15.4 Å². The van der Waals surface area contributed by atoms with E-state index in [1.807, 2.05) is 13.1 Å². The Kier molecular flexibility index (Phi) is 3.61. The van der Waals surface area contributed by atoms with Gasteiger partial charge in [0.2, 0.25) is 0 Å². The second-order valence-electron chi connectivity index (χ2n) is 3.68. The first-order valence-corrected chi connectivity index (χ1v) is 6.67. The van der Waals surface area contributed by atoms with Gasteiger partial charge in [0, 0.05) is 21.2 Å². The van der Waals surface area contributed by atoms with Gasteiger partial charge in [-0.15, -0.1) is 11.3 Å². The molecule has 1 N–H and O–H groups in total. The van der Waals surface area contributed by atoms with Crippen LogP contribution >= 0.6 is 27.3 Å². The molecule has 1 aromatic carbocycles. The van der Waals surface area contributed by atoms with Crippen LogP contribution in [0, 0.1) is 13.8 Å². The largest absolute Gasteiger partial charge is 0.379 e. The molecule has 0 amide bonds. The fourth-order valence-electron chi connectivity index (χ4n) is 1.44. The molecule has 2 nitrogen and oxygen atoms in total. The molecule has 1 aromatic heterocycles. The summed E-state index contributed by atoms with van der Waals surface area (Å²) in [5.74, 6) is 0. The molecule has 0 aliphatic carbocycles. The number of anilines is 1. The average Bonchev–Trinajstić information content (AvgIpc) is 2.66. The maximum absolute atomic E-state index is 4.24. The first-order valence-electron chi connectivity index (χ1n) is 5.06. The lowest BCUT2D eigenvalue weighted by molar-refractivity contribution is 1.16. The van der Waals surface area contributed by atoms with E-state index in [0.29, 0.717) is 0 Å². The van der Waals surface area contributed by atoms with Gasteiger partial charge in [-0.2, -0.15) is 0 Å². The van der Waals surface area contributed by atoms with Gasteiger partial charge in [0.25, 0.3) is 0 Å². The minimum absolute atomic E-state index is 0.827. The lowest BCUT2D eigenvalue weighted by Gasteiger charge is -2.07. The number of nitrogens with zero attached hydrogens (tertiary/aromatic N) is 1. The van der Waals surface area contributed by atoms with Crippen LogP contribution in [0.5, 0.6) is 0 Å². The summed E-state index contributed by atoms with van der Waals surface area (Å²) < 4.78 is 1.10. The van der Waals surface area contributed by atoms with E-state index >= 15 is 0 Å². The first kappa shape index (κ1) is 11.6. The van der Waals surface area contributed by atoms with Crippen molar-refractivity contribution < 1.29 is 0 Å². The smallest absolute Gasteiger partial charge is 0.0897 e.